The van der Waals surface area contributed by atoms with Crippen LogP contribution in [0.3, 0.4) is 0 Å². The van der Waals surface area contributed by atoms with Crippen LogP contribution < -0.4 is 9.80 Å². The molecule has 0 bridgehead atoms. The Labute approximate surface area is 156 Å². The molecule has 1 aromatic carbocycles. The number of aryl methyl sites for hydroxylation is 1. The topological polar surface area (TPSA) is 73.9 Å². The van der Waals surface area contributed by atoms with Crippen molar-refractivity contribution < 1.29 is 4.39 Å². The Morgan fingerprint density at radius 3 is 2.30 bits per heavy atom. The van der Waals surface area contributed by atoms with Crippen LogP contribution in [0.1, 0.15) is 11.3 Å². The van der Waals surface area contributed by atoms with Gasteiger partial charge in [-0.25, -0.2) is 9.07 Å². The van der Waals surface area contributed by atoms with Gasteiger partial charge in [0, 0.05) is 38.1 Å². The van der Waals surface area contributed by atoms with Crippen molar-refractivity contribution in [3.63, 3.8) is 0 Å². The van der Waals surface area contributed by atoms with Gasteiger partial charge in [-0.05, 0) is 43.3 Å². The molecule has 0 unspecified atom stereocenters. The maximum Gasteiger partial charge on any atom is 0.175 e. The number of nitriles is 1. The monoisotopic (exact) mass is 363 g/mol. The van der Waals surface area contributed by atoms with Crippen molar-refractivity contribution in [1.82, 2.24) is 20.0 Å². The summed E-state index contributed by atoms with van der Waals surface area (Å²) in [6.45, 7) is 4.85. The molecule has 3 aromatic rings. The predicted octanol–water partition coefficient (Wildman–Crippen LogP) is 2.31. The van der Waals surface area contributed by atoms with E-state index in [1.807, 2.05) is 37.4 Å². The highest BCUT2D eigenvalue weighted by molar-refractivity contribution is 5.53. The molecule has 0 amide bonds. The number of benzene rings is 1. The molecule has 1 aliphatic heterocycles. The average Bonchev–Trinajstić information content (AvgIpc) is 3.14. The maximum absolute atomic E-state index is 13.7. The SMILES string of the molecule is Cc1ccn(-c2ccc(N3CCN(c4cc(F)cc(C#N)c4)CC3)nn2)n1. The summed E-state index contributed by atoms with van der Waals surface area (Å²) in [5.41, 5.74) is 2.00. The Bertz CT molecular complexity index is 982. The molecule has 4 rings (SSSR count). The van der Waals surface area contributed by atoms with Gasteiger partial charge in [-0.1, -0.05) is 0 Å². The number of piperazine rings is 1. The van der Waals surface area contributed by atoms with Crippen LogP contribution in [-0.4, -0.2) is 46.2 Å². The molecule has 3 heterocycles. The van der Waals surface area contributed by atoms with Gasteiger partial charge in [0.05, 0.1) is 17.3 Å². The van der Waals surface area contributed by atoms with Crippen LogP contribution in [0, 0.1) is 24.1 Å². The van der Waals surface area contributed by atoms with E-state index in [2.05, 4.69) is 25.1 Å². The third kappa shape index (κ3) is 3.58. The van der Waals surface area contributed by atoms with E-state index >= 15 is 0 Å². The summed E-state index contributed by atoms with van der Waals surface area (Å²) in [6.07, 6.45) is 1.85. The summed E-state index contributed by atoms with van der Waals surface area (Å²) in [5, 5.41) is 21.9. The lowest BCUT2D eigenvalue weighted by Crippen LogP contribution is -2.47. The standard InChI is InChI=1S/C19H18FN7/c1-14-4-5-27(24-14)19-3-2-18(22-23-19)26-8-6-25(7-9-26)17-11-15(13-21)10-16(20)12-17/h2-5,10-12H,6-9H2,1H3. The lowest BCUT2D eigenvalue weighted by molar-refractivity contribution is 0.618. The Morgan fingerprint density at radius 1 is 0.963 bits per heavy atom. The number of anilines is 2. The third-order valence-electron chi connectivity index (χ3n) is 4.57. The number of halogens is 1. The molecule has 7 nitrogen and oxygen atoms in total. The molecule has 1 fully saturated rings. The first-order valence-electron chi connectivity index (χ1n) is 8.69. The second kappa shape index (κ2) is 7.03. The Morgan fingerprint density at radius 2 is 1.67 bits per heavy atom. The zero-order valence-electron chi connectivity index (χ0n) is 14.9. The van der Waals surface area contributed by atoms with E-state index < -0.39 is 0 Å². The fourth-order valence-corrected chi connectivity index (χ4v) is 3.17. The molecule has 0 radical (unpaired) electrons. The van der Waals surface area contributed by atoms with Gasteiger partial charge in [0.2, 0.25) is 0 Å². The third-order valence-corrected chi connectivity index (χ3v) is 4.57. The van der Waals surface area contributed by atoms with Crippen LogP contribution in [0.5, 0.6) is 0 Å². The van der Waals surface area contributed by atoms with Crippen molar-refractivity contribution in [3.8, 4) is 11.9 Å². The minimum Gasteiger partial charge on any atom is -0.368 e. The summed E-state index contributed by atoms with van der Waals surface area (Å²) >= 11 is 0. The molecule has 27 heavy (non-hydrogen) atoms. The molecule has 2 aromatic heterocycles. The Kier molecular flexibility index (Phi) is 4.42. The van der Waals surface area contributed by atoms with Crippen LogP contribution in [0.4, 0.5) is 15.9 Å². The zero-order chi connectivity index (χ0) is 18.8. The van der Waals surface area contributed by atoms with Crippen molar-refractivity contribution in [2.24, 2.45) is 0 Å². The Hall–Kier alpha value is -3.47. The second-order valence-electron chi connectivity index (χ2n) is 6.44. The summed E-state index contributed by atoms with van der Waals surface area (Å²) < 4.78 is 15.4. The van der Waals surface area contributed by atoms with Gasteiger partial charge in [0.15, 0.2) is 11.6 Å². The first-order chi connectivity index (χ1) is 13.1. The molecular weight excluding hydrogens is 345 g/mol. The fraction of sp³-hybridized carbons (Fsp3) is 0.263. The van der Waals surface area contributed by atoms with E-state index in [0.29, 0.717) is 11.4 Å². The van der Waals surface area contributed by atoms with Crippen molar-refractivity contribution in [1.29, 1.82) is 5.26 Å². The molecule has 1 aliphatic rings. The highest BCUT2D eigenvalue weighted by Crippen LogP contribution is 2.22. The summed E-state index contributed by atoms with van der Waals surface area (Å²) in [5.74, 6) is 1.09. The minimum atomic E-state index is -0.387. The van der Waals surface area contributed by atoms with Crippen LogP contribution in [-0.2, 0) is 0 Å². The lowest BCUT2D eigenvalue weighted by atomic mass is 10.1. The molecular formula is C19H18FN7. The largest absolute Gasteiger partial charge is 0.368 e. The van der Waals surface area contributed by atoms with E-state index in [0.717, 1.165) is 43.4 Å². The normalized spacial score (nSPS) is 14.3. The van der Waals surface area contributed by atoms with Gasteiger partial charge < -0.3 is 9.80 Å². The number of hydrogen-bond donors (Lipinski definition) is 0. The second-order valence-corrected chi connectivity index (χ2v) is 6.44. The van der Waals surface area contributed by atoms with Crippen molar-refractivity contribution >= 4 is 11.5 Å². The van der Waals surface area contributed by atoms with E-state index in [4.69, 9.17) is 5.26 Å². The van der Waals surface area contributed by atoms with Gasteiger partial charge in [-0.3, -0.25) is 0 Å². The molecule has 0 spiro atoms. The van der Waals surface area contributed by atoms with Crippen LogP contribution in [0.25, 0.3) is 5.82 Å². The summed E-state index contributed by atoms with van der Waals surface area (Å²) in [7, 11) is 0. The van der Waals surface area contributed by atoms with Crippen LogP contribution >= 0.6 is 0 Å². The number of nitrogens with zero attached hydrogens (tertiary/aromatic N) is 7. The minimum absolute atomic E-state index is 0.336. The van der Waals surface area contributed by atoms with E-state index in [-0.39, 0.29) is 5.82 Å². The molecule has 136 valence electrons. The van der Waals surface area contributed by atoms with E-state index in [1.165, 1.54) is 12.1 Å². The van der Waals surface area contributed by atoms with Crippen LogP contribution in [0.2, 0.25) is 0 Å². The fourth-order valence-electron chi connectivity index (χ4n) is 3.17. The van der Waals surface area contributed by atoms with Crippen molar-refractivity contribution in [2.45, 2.75) is 6.92 Å². The van der Waals surface area contributed by atoms with Gasteiger partial charge in [0.1, 0.15) is 5.82 Å². The predicted molar refractivity (Wildman–Crippen MR) is 99.4 cm³/mol. The molecule has 1 saturated heterocycles. The lowest BCUT2D eigenvalue weighted by Gasteiger charge is -2.36. The summed E-state index contributed by atoms with van der Waals surface area (Å²) in [6, 6.07) is 12.2. The molecule has 0 saturated carbocycles. The smallest absolute Gasteiger partial charge is 0.175 e. The maximum atomic E-state index is 13.7. The van der Waals surface area contributed by atoms with E-state index in [1.54, 1.807) is 10.7 Å². The van der Waals surface area contributed by atoms with Gasteiger partial charge in [0.25, 0.3) is 0 Å². The first kappa shape index (κ1) is 17.0. The average molecular weight is 363 g/mol. The highest BCUT2D eigenvalue weighted by Gasteiger charge is 2.19. The number of aromatic nitrogens is 4. The quantitative estimate of drug-likeness (QED) is 0.711. The zero-order valence-corrected chi connectivity index (χ0v) is 14.9. The van der Waals surface area contributed by atoms with Crippen LogP contribution in [0.15, 0.2) is 42.6 Å². The van der Waals surface area contributed by atoms with Gasteiger partial charge >= 0.3 is 0 Å². The van der Waals surface area contributed by atoms with Crippen molar-refractivity contribution in [2.75, 3.05) is 36.0 Å². The number of hydrogen-bond acceptors (Lipinski definition) is 6. The van der Waals surface area contributed by atoms with E-state index in [9.17, 15) is 4.39 Å². The highest BCUT2D eigenvalue weighted by atomic mass is 19.1. The Balaban J connectivity index is 1.43. The molecule has 0 aliphatic carbocycles. The van der Waals surface area contributed by atoms with Gasteiger partial charge in [-0.15, -0.1) is 10.2 Å². The van der Waals surface area contributed by atoms with Gasteiger partial charge in [-0.2, -0.15) is 10.4 Å². The van der Waals surface area contributed by atoms with Crippen molar-refractivity contribution in [3.05, 3.63) is 59.7 Å². The summed E-state index contributed by atoms with van der Waals surface area (Å²) in [4.78, 5) is 4.22. The molecule has 0 N–H and O–H groups in total. The molecule has 0 atom stereocenters. The first-order valence-corrected chi connectivity index (χ1v) is 8.69. The number of rotatable bonds is 3. The molecule has 8 heteroatoms.